The number of rotatable bonds is 3. The molecule has 82 valence electrons. The Morgan fingerprint density at radius 3 is 3.07 bits per heavy atom. The van der Waals surface area contributed by atoms with Gasteiger partial charge in [-0.2, -0.15) is 0 Å². The molecule has 0 aliphatic carbocycles. The number of anilines is 1. The summed E-state index contributed by atoms with van der Waals surface area (Å²) in [6.45, 7) is 1.79. The van der Waals surface area contributed by atoms with E-state index in [4.69, 9.17) is 22.1 Å². The zero-order valence-corrected chi connectivity index (χ0v) is 9.98. The summed E-state index contributed by atoms with van der Waals surface area (Å²) >= 11 is 7.87. The fraction of sp³-hybridized carbons (Fsp3) is 0.455. The van der Waals surface area contributed by atoms with Crippen molar-refractivity contribution in [1.82, 2.24) is 0 Å². The van der Waals surface area contributed by atoms with Crippen molar-refractivity contribution in [3.8, 4) is 0 Å². The van der Waals surface area contributed by atoms with Crippen LogP contribution in [0.3, 0.4) is 0 Å². The number of thioether (sulfide) groups is 1. The second kappa shape index (κ2) is 5.10. The van der Waals surface area contributed by atoms with E-state index in [0.717, 1.165) is 28.9 Å². The van der Waals surface area contributed by atoms with Gasteiger partial charge >= 0.3 is 0 Å². The Hall–Kier alpha value is -0.380. The Morgan fingerprint density at radius 1 is 1.53 bits per heavy atom. The predicted octanol–water partition coefficient (Wildman–Crippen LogP) is 3.05. The molecule has 1 atom stereocenters. The highest BCUT2D eigenvalue weighted by Gasteiger charge is 2.16. The van der Waals surface area contributed by atoms with E-state index in [-0.39, 0.29) is 0 Å². The number of nitrogens with two attached hydrogens (primary N) is 1. The molecule has 0 bridgehead atoms. The molecular weight excluding hydrogens is 230 g/mol. The second-order valence-corrected chi connectivity index (χ2v) is 5.20. The van der Waals surface area contributed by atoms with Crippen LogP contribution < -0.4 is 5.73 Å². The number of hydrogen-bond donors (Lipinski definition) is 1. The minimum Gasteiger partial charge on any atom is -0.399 e. The zero-order valence-electron chi connectivity index (χ0n) is 8.41. The molecule has 0 radical (unpaired) electrons. The van der Waals surface area contributed by atoms with Crippen molar-refractivity contribution < 1.29 is 4.74 Å². The standard InChI is InChI=1S/C11H14ClNOS/c12-10-5-9(13)1-2-11(10)15-7-8-3-4-14-6-8/h1-2,5,8H,3-4,6-7,13H2. The molecule has 1 saturated heterocycles. The van der Waals surface area contributed by atoms with E-state index < -0.39 is 0 Å². The molecule has 1 aromatic rings. The Bertz CT molecular complexity index is 339. The van der Waals surface area contributed by atoms with Crippen molar-refractivity contribution in [2.45, 2.75) is 11.3 Å². The van der Waals surface area contributed by atoms with E-state index in [1.807, 2.05) is 12.1 Å². The van der Waals surface area contributed by atoms with Crippen molar-refractivity contribution in [1.29, 1.82) is 0 Å². The molecule has 1 aliphatic heterocycles. The van der Waals surface area contributed by atoms with Crippen molar-refractivity contribution in [3.63, 3.8) is 0 Å². The lowest BCUT2D eigenvalue weighted by Crippen LogP contribution is -2.02. The molecule has 2 nitrogen and oxygen atoms in total. The van der Waals surface area contributed by atoms with Crippen molar-refractivity contribution in [2.24, 2.45) is 5.92 Å². The van der Waals surface area contributed by atoms with E-state index in [0.29, 0.717) is 11.6 Å². The molecule has 1 aliphatic rings. The summed E-state index contributed by atoms with van der Waals surface area (Å²) in [5, 5.41) is 0.749. The molecule has 4 heteroatoms. The minimum absolute atomic E-state index is 0.670. The van der Waals surface area contributed by atoms with E-state index in [1.54, 1.807) is 17.8 Å². The van der Waals surface area contributed by atoms with Gasteiger partial charge in [-0.1, -0.05) is 11.6 Å². The lowest BCUT2D eigenvalue weighted by Gasteiger charge is -2.08. The van der Waals surface area contributed by atoms with E-state index >= 15 is 0 Å². The third kappa shape index (κ3) is 3.03. The third-order valence-electron chi connectivity index (χ3n) is 2.45. The summed E-state index contributed by atoms with van der Waals surface area (Å²) in [5.74, 6) is 1.74. The summed E-state index contributed by atoms with van der Waals surface area (Å²) in [7, 11) is 0. The Morgan fingerprint density at radius 2 is 2.40 bits per heavy atom. The van der Waals surface area contributed by atoms with Crippen molar-refractivity contribution in [3.05, 3.63) is 23.2 Å². The molecule has 2 N–H and O–H groups in total. The first-order valence-corrected chi connectivity index (χ1v) is 6.37. The molecule has 15 heavy (non-hydrogen) atoms. The number of halogens is 1. The number of nitrogen functional groups attached to an aromatic ring is 1. The monoisotopic (exact) mass is 243 g/mol. The topological polar surface area (TPSA) is 35.2 Å². The van der Waals surface area contributed by atoms with Crippen LogP contribution in [0, 0.1) is 5.92 Å². The van der Waals surface area contributed by atoms with E-state index in [9.17, 15) is 0 Å². The van der Waals surface area contributed by atoms with Gasteiger partial charge in [-0.3, -0.25) is 0 Å². The van der Waals surface area contributed by atoms with Gasteiger partial charge in [-0.05, 0) is 30.5 Å². The Kier molecular flexibility index (Phi) is 3.78. The largest absolute Gasteiger partial charge is 0.399 e. The van der Waals surface area contributed by atoms with Crippen LogP contribution in [0.2, 0.25) is 5.02 Å². The first-order valence-electron chi connectivity index (χ1n) is 5.01. The normalized spacial score (nSPS) is 20.7. The van der Waals surface area contributed by atoms with Crippen LogP contribution in [0.1, 0.15) is 6.42 Å². The Balaban J connectivity index is 1.92. The number of benzene rings is 1. The van der Waals surface area contributed by atoms with Crippen LogP contribution in [-0.4, -0.2) is 19.0 Å². The summed E-state index contributed by atoms with van der Waals surface area (Å²) in [4.78, 5) is 1.11. The van der Waals surface area contributed by atoms with E-state index in [2.05, 4.69) is 0 Å². The first kappa shape index (κ1) is 11.1. The van der Waals surface area contributed by atoms with Gasteiger partial charge in [-0.25, -0.2) is 0 Å². The van der Waals surface area contributed by atoms with Crippen LogP contribution in [0.4, 0.5) is 5.69 Å². The van der Waals surface area contributed by atoms with Crippen molar-refractivity contribution in [2.75, 3.05) is 24.7 Å². The third-order valence-corrected chi connectivity index (χ3v) is 4.18. The maximum atomic E-state index is 6.08. The Labute approximate surface area is 99.1 Å². The minimum atomic E-state index is 0.670. The lowest BCUT2D eigenvalue weighted by molar-refractivity contribution is 0.189. The summed E-state index contributed by atoms with van der Waals surface area (Å²) in [6.07, 6.45) is 1.17. The fourth-order valence-corrected chi connectivity index (χ4v) is 2.95. The molecule has 2 rings (SSSR count). The summed E-state index contributed by atoms with van der Waals surface area (Å²) < 4.78 is 5.33. The molecule has 0 aromatic heterocycles. The number of ether oxygens (including phenoxy) is 1. The van der Waals surface area contributed by atoms with Gasteiger partial charge in [0, 0.05) is 22.9 Å². The smallest absolute Gasteiger partial charge is 0.0562 e. The van der Waals surface area contributed by atoms with Gasteiger partial charge in [0.1, 0.15) is 0 Å². The number of hydrogen-bond acceptors (Lipinski definition) is 3. The maximum absolute atomic E-state index is 6.08. The quantitative estimate of drug-likeness (QED) is 0.655. The average Bonchev–Trinajstić information content (AvgIpc) is 2.69. The molecule has 0 spiro atoms. The molecular formula is C11H14ClNOS. The predicted molar refractivity (Wildman–Crippen MR) is 65.5 cm³/mol. The summed E-state index contributed by atoms with van der Waals surface area (Å²) in [6, 6.07) is 5.67. The molecule has 1 aromatic carbocycles. The van der Waals surface area contributed by atoms with Crippen LogP contribution in [0.15, 0.2) is 23.1 Å². The fourth-order valence-electron chi connectivity index (χ4n) is 1.56. The zero-order chi connectivity index (χ0) is 10.7. The van der Waals surface area contributed by atoms with Gasteiger partial charge in [0.15, 0.2) is 0 Å². The van der Waals surface area contributed by atoms with Crippen molar-refractivity contribution >= 4 is 29.1 Å². The van der Waals surface area contributed by atoms with Gasteiger partial charge in [0.05, 0.1) is 11.6 Å². The van der Waals surface area contributed by atoms with E-state index in [1.165, 1.54) is 6.42 Å². The molecule has 1 unspecified atom stereocenters. The molecule has 0 amide bonds. The van der Waals surface area contributed by atoms with Crippen LogP contribution in [0.5, 0.6) is 0 Å². The highest BCUT2D eigenvalue weighted by Crippen LogP contribution is 2.31. The highest BCUT2D eigenvalue weighted by molar-refractivity contribution is 7.99. The van der Waals surface area contributed by atoms with Gasteiger partial charge in [0.2, 0.25) is 0 Å². The SMILES string of the molecule is Nc1ccc(SCC2CCOC2)c(Cl)c1. The first-order chi connectivity index (χ1) is 7.25. The van der Waals surface area contributed by atoms with Gasteiger partial charge < -0.3 is 10.5 Å². The second-order valence-electron chi connectivity index (χ2n) is 3.73. The lowest BCUT2D eigenvalue weighted by atomic mass is 10.2. The van der Waals surface area contributed by atoms with Gasteiger partial charge in [-0.15, -0.1) is 11.8 Å². The molecule has 1 heterocycles. The van der Waals surface area contributed by atoms with Crippen LogP contribution in [-0.2, 0) is 4.74 Å². The van der Waals surface area contributed by atoms with Crippen LogP contribution >= 0.6 is 23.4 Å². The molecule has 0 saturated carbocycles. The maximum Gasteiger partial charge on any atom is 0.0562 e. The average molecular weight is 244 g/mol. The highest BCUT2D eigenvalue weighted by atomic mass is 35.5. The van der Waals surface area contributed by atoms with Gasteiger partial charge in [0.25, 0.3) is 0 Å². The van der Waals surface area contributed by atoms with Crippen LogP contribution in [0.25, 0.3) is 0 Å². The summed E-state index contributed by atoms with van der Waals surface area (Å²) in [5.41, 5.74) is 6.35. The molecule has 1 fully saturated rings.